The van der Waals surface area contributed by atoms with Gasteiger partial charge in [-0.2, -0.15) is 5.10 Å². The molecule has 8 nitrogen and oxygen atoms in total. The first-order valence-corrected chi connectivity index (χ1v) is 8.36. The highest BCUT2D eigenvalue weighted by Gasteiger charge is 2.30. The standard InChI is InChI=1S/C19H18N4O4/c1-2-8-20-17(24)12-27-18(25)9-14-11-23-16(21-19(14)26)10-15(22-23)13-6-4-3-5-7-13/h1,3-7,10,14H,8-9,11-12H2,(H,20,24)(H,21,26). The molecule has 0 aliphatic carbocycles. The molecular formula is C19H18N4O4. The number of hydrogen-bond acceptors (Lipinski definition) is 5. The molecule has 2 amide bonds. The number of amides is 2. The largest absolute Gasteiger partial charge is 0.456 e. The van der Waals surface area contributed by atoms with Gasteiger partial charge in [0.05, 0.1) is 31.1 Å². The maximum atomic E-state index is 12.3. The second-order valence-electron chi connectivity index (χ2n) is 5.99. The number of benzene rings is 1. The Labute approximate surface area is 155 Å². The highest BCUT2D eigenvalue weighted by molar-refractivity contribution is 5.95. The van der Waals surface area contributed by atoms with E-state index in [0.717, 1.165) is 11.3 Å². The molecule has 1 aromatic heterocycles. The van der Waals surface area contributed by atoms with Crippen LogP contribution in [0.2, 0.25) is 0 Å². The number of rotatable bonds is 6. The van der Waals surface area contributed by atoms with Crippen molar-refractivity contribution in [3.8, 4) is 23.6 Å². The summed E-state index contributed by atoms with van der Waals surface area (Å²) in [6.07, 6.45) is 4.88. The van der Waals surface area contributed by atoms with E-state index in [1.165, 1.54) is 0 Å². The van der Waals surface area contributed by atoms with Crippen LogP contribution in [0.25, 0.3) is 11.3 Å². The number of terminal acetylenes is 1. The molecule has 138 valence electrons. The molecule has 1 aliphatic heterocycles. The van der Waals surface area contributed by atoms with Crippen molar-refractivity contribution in [3.05, 3.63) is 36.4 Å². The predicted molar refractivity (Wildman–Crippen MR) is 97.2 cm³/mol. The van der Waals surface area contributed by atoms with Gasteiger partial charge in [0.15, 0.2) is 6.61 Å². The summed E-state index contributed by atoms with van der Waals surface area (Å²) < 4.78 is 6.54. The molecule has 0 spiro atoms. The second-order valence-corrected chi connectivity index (χ2v) is 5.99. The van der Waals surface area contributed by atoms with Crippen molar-refractivity contribution in [2.24, 2.45) is 5.92 Å². The third kappa shape index (κ3) is 4.52. The van der Waals surface area contributed by atoms with Crippen LogP contribution in [0, 0.1) is 18.3 Å². The van der Waals surface area contributed by atoms with Crippen molar-refractivity contribution in [1.82, 2.24) is 15.1 Å². The molecule has 0 radical (unpaired) electrons. The van der Waals surface area contributed by atoms with Crippen molar-refractivity contribution in [3.63, 3.8) is 0 Å². The van der Waals surface area contributed by atoms with Crippen LogP contribution in [0.15, 0.2) is 36.4 Å². The van der Waals surface area contributed by atoms with Gasteiger partial charge in [0, 0.05) is 11.6 Å². The molecule has 1 aliphatic rings. The van der Waals surface area contributed by atoms with Crippen LogP contribution in [0.4, 0.5) is 5.82 Å². The zero-order valence-corrected chi connectivity index (χ0v) is 14.5. The van der Waals surface area contributed by atoms with E-state index in [9.17, 15) is 14.4 Å². The van der Waals surface area contributed by atoms with Gasteiger partial charge in [-0.1, -0.05) is 36.3 Å². The van der Waals surface area contributed by atoms with E-state index in [-0.39, 0.29) is 25.4 Å². The summed E-state index contributed by atoms with van der Waals surface area (Å²) in [6, 6.07) is 11.4. The number of carbonyl (C=O) groups excluding carboxylic acids is 3. The predicted octanol–water partition coefficient (Wildman–Crippen LogP) is 0.801. The summed E-state index contributed by atoms with van der Waals surface area (Å²) in [5.74, 6) is 0.798. The zero-order valence-electron chi connectivity index (χ0n) is 14.5. The Morgan fingerprint density at radius 2 is 2.15 bits per heavy atom. The first kappa shape index (κ1) is 18.2. The topological polar surface area (TPSA) is 102 Å². The molecular weight excluding hydrogens is 348 g/mol. The van der Waals surface area contributed by atoms with Crippen molar-refractivity contribution >= 4 is 23.6 Å². The van der Waals surface area contributed by atoms with Gasteiger partial charge in [-0.3, -0.25) is 14.4 Å². The third-order valence-electron chi connectivity index (χ3n) is 4.03. The lowest BCUT2D eigenvalue weighted by molar-refractivity contribution is -0.150. The van der Waals surface area contributed by atoms with E-state index < -0.39 is 24.4 Å². The summed E-state index contributed by atoms with van der Waals surface area (Å²) in [6.45, 7) is -0.111. The molecule has 1 unspecified atom stereocenters. The van der Waals surface area contributed by atoms with Crippen LogP contribution in [0.1, 0.15) is 6.42 Å². The van der Waals surface area contributed by atoms with E-state index in [1.54, 1.807) is 10.7 Å². The Morgan fingerprint density at radius 3 is 2.89 bits per heavy atom. The molecule has 3 rings (SSSR count). The fourth-order valence-electron chi connectivity index (χ4n) is 2.69. The number of carbonyl (C=O) groups is 3. The van der Waals surface area contributed by atoms with Gasteiger partial charge in [-0.25, -0.2) is 4.68 Å². The van der Waals surface area contributed by atoms with E-state index in [4.69, 9.17) is 11.2 Å². The fraction of sp³-hybridized carbons (Fsp3) is 0.263. The normalized spacial score (nSPS) is 15.2. The Morgan fingerprint density at radius 1 is 1.37 bits per heavy atom. The molecule has 1 atom stereocenters. The molecule has 0 fully saturated rings. The zero-order chi connectivity index (χ0) is 19.2. The number of fused-ring (bicyclic) bond motifs is 1. The third-order valence-corrected chi connectivity index (χ3v) is 4.03. The maximum Gasteiger partial charge on any atom is 0.307 e. The molecule has 27 heavy (non-hydrogen) atoms. The van der Waals surface area contributed by atoms with Crippen LogP contribution < -0.4 is 10.6 Å². The first-order valence-electron chi connectivity index (χ1n) is 8.36. The average Bonchev–Trinajstić information content (AvgIpc) is 3.08. The molecule has 0 bridgehead atoms. The quantitative estimate of drug-likeness (QED) is 0.582. The Hall–Kier alpha value is -3.60. The minimum absolute atomic E-state index is 0.0627. The Bertz CT molecular complexity index is 898. The van der Waals surface area contributed by atoms with Gasteiger partial charge >= 0.3 is 5.97 Å². The number of hydrogen-bond donors (Lipinski definition) is 2. The lowest BCUT2D eigenvalue weighted by atomic mass is 10.0. The lowest BCUT2D eigenvalue weighted by Crippen LogP contribution is -2.36. The molecule has 0 saturated carbocycles. The Kier molecular flexibility index (Phi) is 5.52. The van der Waals surface area contributed by atoms with Crippen LogP contribution in [-0.2, 0) is 25.7 Å². The van der Waals surface area contributed by atoms with Crippen LogP contribution in [0.3, 0.4) is 0 Å². The number of ether oxygens (including phenoxy) is 1. The van der Waals surface area contributed by atoms with Gasteiger partial charge in [0.25, 0.3) is 5.91 Å². The van der Waals surface area contributed by atoms with Crippen LogP contribution >= 0.6 is 0 Å². The highest BCUT2D eigenvalue weighted by Crippen LogP contribution is 2.26. The van der Waals surface area contributed by atoms with Gasteiger partial charge in [0.2, 0.25) is 5.91 Å². The summed E-state index contributed by atoms with van der Waals surface area (Å²) in [4.78, 5) is 35.6. The molecule has 2 heterocycles. The number of anilines is 1. The average molecular weight is 366 g/mol. The van der Waals surface area contributed by atoms with Gasteiger partial charge in [-0.15, -0.1) is 6.42 Å². The smallest absolute Gasteiger partial charge is 0.307 e. The Balaban J connectivity index is 1.59. The van der Waals surface area contributed by atoms with E-state index in [0.29, 0.717) is 5.82 Å². The van der Waals surface area contributed by atoms with E-state index in [1.807, 2.05) is 30.3 Å². The van der Waals surface area contributed by atoms with Gasteiger partial charge < -0.3 is 15.4 Å². The van der Waals surface area contributed by atoms with Crippen LogP contribution in [0.5, 0.6) is 0 Å². The monoisotopic (exact) mass is 366 g/mol. The first-order chi connectivity index (χ1) is 13.1. The molecule has 1 aromatic carbocycles. The number of esters is 1. The number of nitrogens with one attached hydrogen (secondary N) is 2. The molecule has 8 heteroatoms. The summed E-state index contributed by atoms with van der Waals surface area (Å²) in [5.41, 5.74) is 1.67. The van der Waals surface area contributed by atoms with E-state index in [2.05, 4.69) is 21.7 Å². The maximum absolute atomic E-state index is 12.3. The number of nitrogens with zero attached hydrogens (tertiary/aromatic N) is 2. The van der Waals surface area contributed by atoms with Gasteiger partial charge in [0.1, 0.15) is 5.82 Å². The fourth-order valence-corrected chi connectivity index (χ4v) is 2.69. The lowest BCUT2D eigenvalue weighted by Gasteiger charge is -2.22. The summed E-state index contributed by atoms with van der Waals surface area (Å²) in [5, 5.41) is 9.62. The van der Waals surface area contributed by atoms with Crippen molar-refractivity contribution in [2.75, 3.05) is 18.5 Å². The van der Waals surface area contributed by atoms with Crippen LogP contribution in [-0.4, -0.2) is 40.7 Å². The minimum Gasteiger partial charge on any atom is -0.456 e. The second kappa shape index (κ2) is 8.19. The highest BCUT2D eigenvalue weighted by atomic mass is 16.5. The van der Waals surface area contributed by atoms with Gasteiger partial charge in [-0.05, 0) is 0 Å². The van der Waals surface area contributed by atoms with E-state index >= 15 is 0 Å². The number of aromatic nitrogens is 2. The van der Waals surface area contributed by atoms with Crippen molar-refractivity contribution in [2.45, 2.75) is 13.0 Å². The molecule has 2 N–H and O–H groups in total. The molecule has 2 aromatic rings. The summed E-state index contributed by atoms with van der Waals surface area (Å²) >= 11 is 0. The summed E-state index contributed by atoms with van der Waals surface area (Å²) in [7, 11) is 0. The minimum atomic E-state index is -0.634. The molecule has 0 saturated heterocycles. The van der Waals surface area contributed by atoms with Crippen molar-refractivity contribution < 1.29 is 19.1 Å². The SMILES string of the molecule is C#CCNC(=O)COC(=O)CC1Cn2nc(-c3ccccc3)cc2NC1=O. The van der Waals surface area contributed by atoms with Crippen molar-refractivity contribution in [1.29, 1.82) is 0 Å².